The molecular weight excluding hydrogens is 270 g/mol. The Balaban J connectivity index is 2.11. The molecule has 0 aliphatic heterocycles. The molecule has 0 aliphatic carbocycles. The Morgan fingerprint density at radius 2 is 2.05 bits per heavy atom. The number of hydrogen-bond donors (Lipinski definition) is 0. The van der Waals surface area contributed by atoms with Crippen LogP contribution in [0.15, 0.2) is 47.9 Å². The number of rotatable bonds is 3. The fraction of sp³-hybridized carbons (Fsp3) is 0.143. The SMILES string of the molecule is C[C@H](C#N)Sc1ncnc2c1cnn2-c1ccccc1. The van der Waals surface area contributed by atoms with E-state index in [0.717, 1.165) is 21.7 Å². The molecule has 2 heterocycles. The first-order valence-corrected chi connectivity index (χ1v) is 6.98. The van der Waals surface area contributed by atoms with Gasteiger partial charge in [0.05, 0.1) is 28.6 Å². The lowest BCUT2D eigenvalue weighted by Crippen LogP contribution is -1.98. The van der Waals surface area contributed by atoms with Crippen molar-refractivity contribution in [1.82, 2.24) is 19.7 Å². The van der Waals surface area contributed by atoms with Crippen LogP contribution in [0, 0.1) is 11.3 Å². The van der Waals surface area contributed by atoms with Crippen molar-refractivity contribution in [2.24, 2.45) is 0 Å². The molecule has 6 heteroatoms. The zero-order valence-electron chi connectivity index (χ0n) is 10.8. The van der Waals surface area contributed by atoms with E-state index < -0.39 is 0 Å². The van der Waals surface area contributed by atoms with E-state index in [9.17, 15) is 0 Å². The van der Waals surface area contributed by atoms with Gasteiger partial charge in [-0.1, -0.05) is 30.0 Å². The molecule has 1 atom stereocenters. The van der Waals surface area contributed by atoms with Crippen LogP contribution in [0.3, 0.4) is 0 Å². The molecule has 1 aromatic carbocycles. The highest BCUT2D eigenvalue weighted by Gasteiger charge is 2.13. The van der Waals surface area contributed by atoms with Crippen molar-refractivity contribution >= 4 is 22.8 Å². The summed E-state index contributed by atoms with van der Waals surface area (Å²) < 4.78 is 1.78. The second-order valence-electron chi connectivity index (χ2n) is 4.20. The summed E-state index contributed by atoms with van der Waals surface area (Å²) >= 11 is 1.42. The molecule has 0 unspecified atom stereocenters. The predicted molar refractivity (Wildman–Crippen MR) is 77.6 cm³/mol. The minimum atomic E-state index is -0.159. The number of nitrogens with zero attached hydrogens (tertiary/aromatic N) is 5. The molecule has 3 rings (SSSR count). The lowest BCUT2D eigenvalue weighted by Gasteiger charge is -2.04. The minimum Gasteiger partial charge on any atom is -0.229 e. The maximum Gasteiger partial charge on any atom is 0.167 e. The van der Waals surface area contributed by atoms with Gasteiger partial charge in [0.15, 0.2) is 5.65 Å². The van der Waals surface area contributed by atoms with Gasteiger partial charge in [0.25, 0.3) is 0 Å². The van der Waals surface area contributed by atoms with Crippen LogP contribution in [0.1, 0.15) is 6.92 Å². The molecule has 2 aromatic heterocycles. The average molecular weight is 281 g/mol. The van der Waals surface area contributed by atoms with Gasteiger partial charge in [-0.05, 0) is 19.1 Å². The van der Waals surface area contributed by atoms with Crippen molar-refractivity contribution in [3.05, 3.63) is 42.9 Å². The van der Waals surface area contributed by atoms with Crippen LogP contribution in [0.4, 0.5) is 0 Å². The van der Waals surface area contributed by atoms with Crippen LogP contribution >= 0.6 is 11.8 Å². The maximum absolute atomic E-state index is 8.92. The van der Waals surface area contributed by atoms with Crippen molar-refractivity contribution in [2.75, 3.05) is 0 Å². The van der Waals surface area contributed by atoms with Gasteiger partial charge in [0.1, 0.15) is 11.4 Å². The molecule has 98 valence electrons. The van der Waals surface area contributed by atoms with Gasteiger partial charge in [0, 0.05) is 0 Å². The van der Waals surface area contributed by atoms with E-state index in [1.165, 1.54) is 18.1 Å². The zero-order chi connectivity index (χ0) is 13.9. The van der Waals surface area contributed by atoms with Crippen LogP contribution < -0.4 is 0 Å². The topological polar surface area (TPSA) is 67.4 Å². The number of hydrogen-bond acceptors (Lipinski definition) is 5. The van der Waals surface area contributed by atoms with Crippen LogP contribution in [-0.2, 0) is 0 Å². The first-order chi connectivity index (χ1) is 9.79. The second-order valence-corrected chi connectivity index (χ2v) is 5.53. The third-order valence-electron chi connectivity index (χ3n) is 2.80. The lowest BCUT2D eigenvalue weighted by molar-refractivity contribution is 0.893. The van der Waals surface area contributed by atoms with E-state index >= 15 is 0 Å². The first kappa shape index (κ1) is 12.6. The highest BCUT2D eigenvalue weighted by atomic mass is 32.2. The first-order valence-electron chi connectivity index (χ1n) is 6.10. The normalized spacial score (nSPS) is 12.2. The van der Waals surface area contributed by atoms with E-state index in [0.29, 0.717) is 0 Å². The van der Waals surface area contributed by atoms with E-state index in [2.05, 4.69) is 21.1 Å². The molecular formula is C14H11N5S. The molecule has 0 N–H and O–H groups in total. The highest BCUT2D eigenvalue weighted by Crippen LogP contribution is 2.28. The summed E-state index contributed by atoms with van der Waals surface area (Å²) in [7, 11) is 0. The van der Waals surface area contributed by atoms with Crippen molar-refractivity contribution in [2.45, 2.75) is 17.2 Å². The Bertz CT molecular complexity index is 775. The largest absolute Gasteiger partial charge is 0.229 e. The summed E-state index contributed by atoms with van der Waals surface area (Å²) in [4.78, 5) is 8.55. The van der Waals surface area contributed by atoms with Crippen molar-refractivity contribution in [3.8, 4) is 11.8 Å². The average Bonchev–Trinajstić information content (AvgIpc) is 2.93. The molecule has 3 aromatic rings. The zero-order valence-corrected chi connectivity index (χ0v) is 11.6. The fourth-order valence-corrected chi connectivity index (χ4v) is 2.64. The Kier molecular flexibility index (Phi) is 3.35. The smallest absolute Gasteiger partial charge is 0.167 e. The quantitative estimate of drug-likeness (QED) is 0.545. The number of benzene rings is 1. The Labute approximate surface area is 120 Å². The monoisotopic (exact) mass is 281 g/mol. The van der Waals surface area contributed by atoms with Crippen LogP contribution in [-0.4, -0.2) is 25.0 Å². The summed E-state index contributed by atoms with van der Waals surface area (Å²) in [5.74, 6) is 0. The maximum atomic E-state index is 8.92. The number of para-hydroxylation sites is 1. The molecule has 5 nitrogen and oxygen atoms in total. The molecule has 0 aliphatic rings. The predicted octanol–water partition coefficient (Wildman–Crippen LogP) is 2.82. The van der Waals surface area contributed by atoms with Crippen molar-refractivity contribution < 1.29 is 0 Å². The van der Waals surface area contributed by atoms with Gasteiger partial charge in [0.2, 0.25) is 0 Å². The summed E-state index contributed by atoms with van der Waals surface area (Å²) in [6, 6.07) is 12.0. The number of fused-ring (bicyclic) bond motifs is 1. The summed E-state index contributed by atoms with van der Waals surface area (Å²) in [5.41, 5.74) is 1.70. The molecule has 0 radical (unpaired) electrons. The molecule has 0 saturated carbocycles. The van der Waals surface area contributed by atoms with Gasteiger partial charge in [-0.25, -0.2) is 14.6 Å². The molecule has 0 saturated heterocycles. The summed E-state index contributed by atoms with van der Waals surface area (Å²) in [5, 5.41) is 14.8. The Morgan fingerprint density at radius 1 is 1.25 bits per heavy atom. The molecule has 20 heavy (non-hydrogen) atoms. The summed E-state index contributed by atoms with van der Waals surface area (Å²) in [6.07, 6.45) is 3.25. The van der Waals surface area contributed by atoms with Gasteiger partial charge in [-0.2, -0.15) is 10.4 Å². The highest BCUT2D eigenvalue weighted by molar-refractivity contribution is 8.00. The van der Waals surface area contributed by atoms with E-state index in [4.69, 9.17) is 5.26 Å². The number of thioether (sulfide) groups is 1. The van der Waals surface area contributed by atoms with Crippen LogP contribution in [0.25, 0.3) is 16.7 Å². The van der Waals surface area contributed by atoms with Gasteiger partial charge < -0.3 is 0 Å². The van der Waals surface area contributed by atoms with Gasteiger partial charge in [-0.3, -0.25) is 0 Å². The molecule has 0 bridgehead atoms. The lowest BCUT2D eigenvalue weighted by atomic mass is 10.3. The van der Waals surface area contributed by atoms with E-state index in [1.807, 2.05) is 37.3 Å². The molecule has 0 spiro atoms. The number of aromatic nitrogens is 4. The van der Waals surface area contributed by atoms with Crippen molar-refractivity contribution in [1.29, 1.82) is 5.26 Å². The fourth-order valence-electron chi connectivity index (χ4n) is 1.87. The van der Waals surface area contributed by atoms with Crippen LogP contribution in [0.5, 0.6) is 0 Å². The van der Waals surface area contributed by atoms with Crippen LogP contribution in [0.2, 0.25) is 0 Å². The van der Waals surface area contributed by atoms with E-state index in [-0.39, 0.29) is 5.25 Å². The Hall–Kier alpha value is -2.39. The van der Waals surface area contributed by atoms with Gasteiger partial charge >= 0.3 is 0 Å². The summed E-state index contributed by atoms with van der Waals surface area (Å²) in [6.45, 7) is 1.85. The van der Waals surface area contributed by atoms with Crippen molar-refractivity contribution in [3.63, 3.8) is 0 Å². The minimum absolute atomic E-state index is 0.159. The Morgan fingerprint density at radius 3 is 2.80 bits per heavy atom. The van der Waals surface area contributed by atoms with E-state index in [1.54, 1.807) is 10.9 Å². The third-order valence-corrected chi connectivity index (χ3v) is 3.81. The van der Waals surface area contributed by atoms with Gasteiger partial charge in [-0.15, -0.1) is 0 Å². The standard InChI is InChI=1S/C14H11N5S/c1-10(7-15)20-14-12-8-18-19(13(12)16-9-17-14)11-5-3-2-4-6-11/h2-6,8-10H,1H3/t10-/m1/s1. The molecule has 0 amide bonds. The second kappa shape index (κ2) is 5.31. The number of nitriles is 1. The molecule has 0 fully saturated rings. The third kappa shape index (κ3) is 2.24.